The van der Waals surface area contributed by atoms with Crippen LogP contribution in [0.3, 0.4) is 0 Å². The van der Waals surface area contributed by atoms with Crippen LogP contribution in [0.5, 0.6) is 0 Å². The van der Waals surface area contributed by atoms with E-state index in [2.05, 4.69) is 15.6 Å². The Morgan fingerprint density at radius 3 is 2.71 bits per heavy atom. The molecule has 1 unspecified atom stereocenters. The van der Waals surface area contributed by atoms with Gasteiger partial charge in [0.1, 0.15) is 12.1 Å². The van der Waals surface area contributed by atoms with Crippen LogP contribution in [0.15, 0.2) is 24.3 Å². The van der Waals surface area contributed by atoms with Crippen molar-refractivity contribution in [3.8, 4) is 0 Å². The van der Waals surface area contributed by atoms with Gasteiger partial charge in [-0.2, -0.15) is 0 Å². The van der Waals surface area contributed by atoms with E-state index < -0.39 is 5.60 Å². The zero-order valence-corrected chi connectivity index (χ0v) is 16.6. The Labute approximate surface area is 163 Å². The third-order valence-corrected chi connectivity index (χ3v) is 4.52. The maximum Gasteiger partial charge on any atom is 0.325 e. The molecule has 1 fully saturated rings. The van der Waals surface area contributed by atoms with Gasteiger partial charge >= 0.3 is 5.97 Å². The van der Waals surface area contributed by atoms with Crippen LogP contribution >= 0.6 is 0 Å². The van der Waals surface area contributed by atoms with Crippen LogP contribution in [0.2, 0.25) is 0 Å². The van der Waals surface area contributed by atoms with Crippen molar-refractivity contribution in [2.75, 3.05) is 11.9 Å². The molecule has 1 atom stereocenters. The number of ether oxygens (including phenoxy) is 1. The first kappa shape index (κ1) is 19.8. The summed E-state index contributed by atoms with van der Waals surface area (Å²) in [5, 5.41) is 6.34. The molecule has 1 saturated heterocycles. The number of aromatic nitrogens is 1. The Balaban J connectivity index is 1.78. The van der Waals surface area contributed by atoms with E-state index in [1.54, 1.807) is 0 Å². The van der Waals surface area contributed by atoms with E-state index in [-0.39, 0.29) is 30.2 Å². The highest BCUT2D eigenvalue weighted by molar-refractivity contribution is 6.01. The highest BCUT2D eigenvalue weighted by atomic mass is 16.6. The van der Waals surface area contributed by atoms with Crippen molar-refractivity contribution in [3.63, 3.8) is 0 Å². The maximum absolute atomic E-state index is 12.2. The number of pyridine rings is 1. The molecular formula is C21H25N3O4. The summed E-state index contributed by atoms with van der Waals surface area (Å²) in [6.07, 6.45) is 0.829. The zero-order chi connectivity index (χ0) is 20.5. The van der Waals surface area contributed by atoms with Crippen molar-refractivity contribution in [2.45, 2.75) is 52.1 Å². The average molecular weight is 383 g/mol. The van der Waals surface area contributed by atoms with Crippen LogP contribution in [0.4, 0.5) is 5.69 Å². The molecule has 1 aliphatic heterocycles. The van der Waals surface area contributed by atoms with Gasteiger partial charge in [0, 0.05) is 23.2 Å². The average Bonchev–Trinajstić information content (AvgIpc) is 2.58. The summed E-state index contributed by atoms with van der Waals surface area (Å²) in [7, 11) is 0. The van der Waals surface area contributed by atoms with Gasteiger partial charge in [-0.05, 0) is 57.9 Å². The molecule has 1 aromatic heterocycles. The van der Waals surface area contributed by atoms with Crippen molar-refractivity contribution in [3.05, 3.63) is 35.5 Å². The van der Waals surface area contributed by atoms with Crippen molar-refractivity contribution in [2.24, 2.45) is 0 Å². The fourth-order valence-corrected chi connectivity index (χ4v) is 3.28. The van der Waals surface area contributed by atoms with Gasteiger partial charge in [-0.1, -0.05) is 6.07 Å². The molecule has 2 aromatic rings. The number of imide groups is 1. The number of rotatable bonds is 4. The number of amides is 2. The Hall–Kier alpha value is -2.96. The Bertz CT molecular complexity index is 947. The number of aryl methyl sites for hydroxylation is 1. The van der Waals surface area contributed by atoms with Crippen LogP contribution in [-0.2, 0) is 19.1 Å². The van der Waals surface area contributed by atoms with E-state index in [1.165, 1.54) is 0 Å². The minimum absolute atomic E-state index is 0.0656. The van der Waals surface area contributed by atoms with Crippen molar-refractivity contribution in [1.29, 1.82) is 0 Å². The fraction of sp³-hybridized carbons (Fsp3) is 0.429. The molecular weight excluding hydrogens is 358 g/mol. The number of carbonyl (C=O) groups is 3. The number of nitrogens with zero attached hydrogens (tertiary/aromatic N) is 1. The van der Waals surface area contributed by atoms with Crippen LogP contribution in [0, 0.1) is 6.92 Å². The maximum atomic E-state index is 12.2. The highest BCUT2D eigenvalue weighted by Crippen LogP contribution is 2.30. The molecule has 1 aliphatic rings. The van der Waals surface area contributed by atoms with E-state index in [0.717, 1.165) is 27.8 Å². The lowest BCUT2D eigenvalue weighted by atomic mass is 9.89. The Kier molecular flexibility index (Phi) is 5.36. The molecule has 2 heterocycles. The summed E-state index contributed by atoms with van der Waals surface area (Å²) in [4.78, 5) is 40.1. The first-order valence-electron chi connectivity index (χ1n) is 9.33. The minimum atomic E-state index is -0.521. The number of anilines is 1. The summed E-state index contributed by atoms with van der Waals surface area (Å²) >= 11 is 0. The van der Waals surface area contributed by atoms with E-state index in [4.69, 9.17) is 4.74 Å². The summed E-state index contributed by atoms with van der Waals surface area (Å²) in [5.41, 5.74) is 2.60. The van der Waals surface area contributed by atoms with Crippen LogP contribution < -0.4 is 10.6 Å². The molecule has 0 radical (unpaired) electrons. The second-order valence-corrected chi connectivity index (χ2v) is 8.01. The number of esters is 1. The van der Waals surface area contributed by atoms with Crippen molar-refractivity contribution < 1.29 is 19.1 Å². The summed E-state index contributed by atoms with van der Waals surface area (Å²) < 4.78 is 5.29. The molecule has 0 bridgehead atoms. The van der Waals surface area contributed by atoms with Gasteiger partial charge in [-0.25, -0.2) is 0 Å². The topological polar surface area (TPSA) is 97.4 Å². The standard InChI is InChI=1S/C21H25N3O4/c1-12-16(15-7-8-18(25)24-20(15)27)9-13-5-6-14(10-17(13)23-12)22-11-19(26)28-21(2,3)4/h5-6,9-10,15,22H,7-8,11H2,1-4H3,(H,24,25,27). The summed E-state index contributed by atoms with van der Waals surface area (Å²) in [6, 6.07) is 7.57. The lowest BCUT2D eigenvalue weighted by Gasteiger charge is -2.22. The Morgan fingerprint density at radius 1 is 1.29 bits per heavy atom. The van der Waals surface area contributed by atoms with Crippen molar-refractivity contribution in [1.82, 2.24) is 10.3 Å². The van der Waals surface area contributed by atoms with Crippen LogP contribution in [-0.4, -0.2) is 34.9 Å². The number of hydrogen-bond acceptors (Lipinski definition) is 6. The second kappa shape index (κ2) is 7.58. The van der Waals surface area contributed by atoms with Crippen molar-refractivity contribution >= 4 is 34.4 Å². The monoisotopic (exact) mass is 383 g/mol. The molecule has 7 nitrogen and oxygen atoms in total. The number of benzene rings is 1. The van der Waals surface area contributed by atoms with E-state index in [1.807, 2.05) is 52.0 Å². The van der Waals surface area contributed by atoms with Gasteiger partial charge in [-0.3, -0.25) is 24.7 Å². The zero-order valence-electron chi connectivity index (χ0n) is 16.6. The number of fused-ring (bicyclic) bond motifs is 1. The van der Waals surface area contributed by atoms with E-state index >= 15 is 0 Å². The van der Waals surface area contributed by atoms with Gasteiger partial charge < -0.3 is 10.1 Å². The third-order valence-electron chi connectivity index (χ3n) is 4.52. The lowest BCUT2D eigenvalue weighted by molar-refractivity contribution is -0.152. The molecule has 148 valence electrons. The highest BCUT2D eigenvalue weighted by Gasteiger charge is 2.29. The lowest BCUT2D eigenvalue weighted by Crippen LogP contribution is -2.39. The number of hydrogen-bond donors (Lipinski definition) is 2. The fourth-order valence-electron chi connectivity index (χ4n) is 3.28. The van der Waals surface area contributed by atoms with Gasteiger partial charge in [0.25, 0.3) is 0 Å². The predicted molar refractivity (Wildman–Crippen MR) is 106 cm³/mol. The van der Waals surface area contributed by atoms with E-state index in [9.17, 15) is 14.4 Å². The number of piperidine rings is 1. The second-order valence-electron chi connectivity index (χ2n) is 8.01. The first-order valence-corrected chi connectivity index (χ1v) is 9.33. The van der Waals surface area contributed by atoms with Gasteiger partial charge in [0.2, 0.25) is 11.8 Å². The minimum Gasteiger partial charge on any atom is -0.459 e. The van der Waals surface area contributed by atoms with Gasteiger partial charge in [0.15, 0.2) is 0 Å². The number of nitrogens with one attached hydrogen (secondary N) is 2. The molecule has 0 saturated carbocycles. The normalized spacial score (nSPS) is 17.4. The molecule has 2 N–H and O–H groups in total. The molecule has 28 heavy (non-hydrogen) atoms. The largest absolute Gasteiger partial charge is 0.459 e. The predicted octanol–water partition coefficient (Wildman–Crippen LogP) is 2.82. The summed E-state index contributed by atoms with van der Waals surface area (Å²) in [5.74, 6) is -1.19. The van der Waals surface area contributed by atoms with E-state index in [0.29, 0.717) is 12.8 Å². The molecule has 2 amide bonds. The van der Waals surface area contributed by atoms with Gasteiger partial charge in [0.05, 0.1) is 11.4 Å². The number of carbonyl (C=O) groups excluding carboxylic acids is 3. The quantitative estimate of drug-likeness (QED) is 0.622. The molecule has 7 heteroatoms. The van der Waals surface area contributed by atoms with Crippen LogP contribution in [0.25, 0.3) is 10.9 Å². The third kappa shape index (κ3) is 4.65. The van der Waals surface area contributed by atoms with Gasteiger partial charge in [-0.15, -0.1) is 0 Å². The SMILES string of the molecule is Cc1nc2cc(NCC(=O)OC(C)(C)C)ccc2cc1C1CCC(=O)NC1=O. The summed E-state index contributed by atoms with van der Waals surface area (Å²) in [6.45, 7) is 7.41. The molecule has 0 spiro atoms. The first-order chi connectivity index (χ1) is 13.1. The Morgan fingerprint density at radius 2 is 2.04 bits per heavy atom. The molecule has 1 aromatic carbocycles. The molecule has 3 rings (SSSR count). The smallest absolute Gasteiger partial charge is 0.325 e. The molecule has 0 aliphatic carbocycles. The van der Waals surface area contributed by atoms with Crippen LogP contribution in [0.1, 0.15) is 50.8 Å².